The van der Waals surface area contributed by atoms with E-state index in [4.69, 9.17) is 4.74 Å². The van der Waals surface area contributed by atoms with Gasteiger partial charge in [-0.1, -0.05) is 6.92 Å². The van der Waals surface area contributed by atoms with Gasteiger partial charge in [-0.05, 0) is 12.8 Å². The first-order valence-electron chi connectivity index (χ1n) is 7.00. The van der Waals surface area contributed by atoms with E-state index in [0.29, 0.717) is 6.42 Å². The zero-order valence-electron chi connectivity index (χ0n) is 12.0. The number of Topliss-reactive ketones (excluding diaryl/α,β-unsaturated/α-hetero) is 1. The molecule has 1 aromatic rings. The van der Waals surface area contributed by atoms with Crippen LogP contribution in [-0.2, 0) is 16.1 Å². The lowest BCUT2D eigenvalue weighted by Gasteiger charge is -2.17. The minimum Gasteiger partial charge on any atom is -0.380 e. The third-order valence-corrected chi connectivity index (χ3v) is 3.55. The molecule has 1 aliphatic rings. The van der Waals surface area contributed by atoms with E-state index in [0.717, 1.165) is 31.6 Å². The van der Waals surface area contributed by atoms with E-state index in [9.17, 15) is 9.59 Å². The molecule has 0 N–H and O–H groups in total. The highest BCUT2D eigenvalue weighted by Gasteiger charge is 2.22. The molecule has 1 saturated heterocycles. The third-order valence-electron chi connectivity index (χ3n) is 3.55. The molecule has 0 amide bonds. The van der Waals surface area contributed by atoms with Crippen molar-refractivity contribution >= 4 is 11.5 Å². The van der Waals surface area contributed by atoms with Crippen LogP contribution in [0.5, 0.6) is 0 Å². The maximum absolute atomic E-state index is 12.0. The molecule has 1 aliphatic heterocycles. The maximum atomic E-state index is 12.0. The number of carbonyl (C=O) groups is 1. The van der Waals surface area contributed by atoms with E-state index in [1.807, 2.05) is 6.92 Å². The molecule has 6 nitrogen and oxygen atoms in total. The van der Waals surface area contributed by atoms with Crippen molar-refractivity contribution in [2.45, 2.75) is 38.8 Å². The number of ether oxygens (including phenoxy) is 1. The second-order valence-corrected chi connectivity index (χ2v) is 5.09. The number of rotatable bonds is 6. The van der Waals surface area contributed by atoms with Gasteiger partial charge in [-0.2, -0.15) is 5.10 Å². The van der Waals surface area contributed by atoms with E-state index in [1.54, 1.807) is 19.4 Å². The zero-order valence-corrected chi connectivity index (χ0v) is 12.0. The molecule has 0 bridgehead atoms. The summed E-state index contributed by atoms with van der Waals surface area (Å²) in [6.45, 7) is 3.64. The molecule has 20 heavy (non-hydrogen) atoms. The standard InChI is InChI=1S/C14H21N3O3/c1-3-4-12(18)9-17-14(19)7-11(8-15-17)16-6-5-13(10-16)20-2/h7-8,13H,3-6,9-10H2,1-2H3. The van der Waals surface area contributed by atoms with Gasteiger partial charge in [0.05, 0.1) is 18.0 Å². The highest BCUT2D eigenvalue weighted by Crippen LogP contribution is 2.19. The first-order valence-corrected chi connectivity index (χ1v) is 7.00. The summed E-state index contributed by atoms with van der Waals surface area (Å²) in [6, 6.07) is 1.55. The van der Waals surface area contributed by atoms with Crippen LogP contribution in [0.4, 0.5) is 5.69 Å². The Hall–Kier alpha value is -1.69. The average molecular weight is 279 g/mol. The largest absolute Gasteiger partial charge is 0.380 e. The first-order chi connectivity index (χ1) is 9.63. The van der Waals surface area contributed by atoms with Crippen LogP contribution >= 0.6 is 0 Å². The van der Waals surface area contributed by atoms with Crippen molar-refractivity contribution in [2.24, 2.45) is 0 Å². The van der Waals surface area contributed by atoms with Crippen LogP contribution in [0.2, 0.25) is 0 Å². The topological polar surface area (TPSA) is 64.4 Å². The van der Waals surface area contributed by atoms with Crippen LogP contribution in [0.3, 0.4) is 0 Å². The van der Waals surface area contributed by atoms with Crippen molar-refractivity contribution in [2.75, 3.05) is 25.1 Å². The minimum atomic E-state index is -0.229. The molecule has 6 heteroatoms. The van der Waals surface area contributed by atoms with Gasteiger partial charge < -0.3 is 9.64 Å². The van der Waals surface area contributed by atoms with Crippen molar-refractivity contribution in [3.63, 3.8) is 0 Å². The number of nitrogens with zero attached hydrogens (tertiary/aromatic N) is 3. The Morgan fingerprint density at radius 2 is 2.35 bits per heavy atom. The summed E-state index contributed by atoms with van der Waals surface area (Å²) in [5.41, 5.74) is 0.571. The van der Waals surface area contributed by atoms with Gasteiger partial charge in [-0.15, -0.1) is 0 Å². The van der Waals surface area contributed by atoms with Gasteiger partial charge in [-0.25, -0.2) is 4.68 Å². The van der Waals surface area contributed by atoms with Crippen molar-refractivity contribution in [1.29, 1.82) is 0 Å². The summed E-state index contributed by atoms with van der Waals surface area (Å²) in [5.74, 6) is 0.0375. The average Bonchev–Trinajstić information content (AvgIpc) is 2.90. The lowest BCUT2D eigenvalue weighted by Crippen LogP contribution is -2.29. The predicted molar refractivity (Wildman–Crippen MR) is 76.0 cm³/mol. The van der Waals surface area contributed by atoms with E-state index < -0.39 is 0 Å². The van der Waals surface area contributed by atoms with Gasteiger partial charge in [0.2, 0.25) is 0 Å². The highest BCUT2D eigenvalue weighted by atomic mass is 16.5. The number of aromatic nitrogens is 2. The molecule has 110 valence electrons. The number of hydrogen-bond acceptors (Lipinski definition) is 5. The number of carbonyl (C=O) groups excluding carboxylic acids is 1. The minimum absolute atomic E-state index is 0.0375. The SMILES string of the molecule is CCCC(=O)Cn1ncc(N2CCC(OC)C2)cc1=O. The fraction of sp³-hybridized carbons (Fsp3) is 0.643. The Bertz CT molecular complexity index is 527. The molecule has 1 atom stereocenters. The molecule has 0 spiro atoms. The van der Waals surface area contributed by atoms with E-state index in [1.165, 1.54) is 4.68 Å². The highest BCUT2D eigenvalue weighted by molar-refractivity contribution is 5.77. The van der Waals surface area contributed by atoms with Crippen molar-refractivity contribution < 1.29 is 9.53 Å². The van der Waals surface area contributed by atoms with Crippen LogP contribution in [0, 0.1) is 0 Å². The van der Waals surface area contributed by atoms with Gasteiger partial charge >= 0.3 is 0 Å². The van der Waals surface area contributed by atoms with Gasteiger partial charge in [-0.3, -0.25) is 9.59 Å². The molecule has 2 heterocycles. The van der Waals surface area contributed by atoms with Crippen LogP contribution in [0.15, 0.2) is 17.1 Å². The summed E-state index contributed by atoms with van der Waals surface area (Å²) in [6.07, 6.45) is 4.09. The van der Waals surface area contributed by atoms with Crippen LogP contribution in [-0.4, -0.2) is 41.9 Å². The normalized spacial score (nSPS) is 18.5. The Kier molecular flexibility index (Phi) is 4.89. The molecule has 0 aromatic carbocycles. The van der Waals surface area contributed by atoms with Crippen molar-refractivity contribution in [3.05, 3.63) is 22.6 Å². The molecule has 1 fully saturated rings. The fourth-order valence-electron chi connectivity index (χ4n) is 2.40. The zero-order chi connectivity index (χ0) is 14.5. The first kappa shape index (κ1) is 14.7. The molecule has 1 aromatic heterocycles. The van der Waals surface area contributed by atoms with Gasteiger partial charge in [0.1, 0.15) is 6.54 Å². The molecular weight excluding hydrogens is 258 g/mol. The second kappa shape index (κ2) is 6.65. The van der Waals surface area contributed by atoms with Crippen molar-refractivity contribution in [3.8, 4) is 0 Å². The molecule has 0 aliphatic carbocycles. The number of ketones is 1. The quantitative estimate of drug-likeness (QED) is 0.772. The van der Waals surface area contributed by atoms with E-state index in [-0.39, 0.29) is 24.0 Å². The van der Waals surface area contributed by atoms with Crippen LogP contribution in [0.25, 0.3) is 0 Å². The number of hydrogen-bond donors (Lipinski definition) is 0. The predicted octanol–water partition coefficient (Wildman–Crippen LogP) is 0.838. The molecule has 1 unspecified atom stereocenters. The summed E-state index contributed by atoms with van der Waals surface area (Å²) >= 11 is 0. The number of anilines is 1. The molecule has 0 saturated carbocycles. The van der Waals surface area contributed by atoms with Crippen LogP contribution in [0.1, 0.15) is 26.2 Å². The summed E-state index contributed by atoms with van der Waals surface area (Å²) in [4.78, 5) is 25.6. The second-order valence-electron chi connectivity index (χ2n) is 5.09. The van der Waals surface area contributed by atoms with E-state index >= 15 is 0 Å². The Balaban J connectivity index is 2.06. The maximum Gasteiger partial charge on any atom is 0.269 e. The molecule has 0 radical (unpaired) electrons. The monoisotopic (exact) mass is 279 g/mol. The number of methoxy groups -OCH3 is 1. The summed E-state index contributed by atoms with van der Waals surface area (Å²) in [5, 5.41) is 4.10. The Labute approximate surface area is 118 Å². The van der Waals surface area contributed by atoms with Crippen molar-refractivity contribution in [1.82, 2.24) is 9.78 Å². The van der Waals surface area contributed by atoms with Gasteiger partial charge in [0, 0.05) is 32.7 Å². The lowest BCUT2D eigenvalue weighted by molar-refractivity contribution is -0.119. The third kappa shape index (κ3) is 3.45. The summed E-state index contributed by atoms with van der Waals surface area (Å²) < 4.78 is 6.53. The van der Waals surface area contributed by atoms with Gasteiger partial charge in [0.15, 0.2) is 5.78 Å². The Morgan fingerprint density at radius 1 is 1.55 bits per heavy atom. The van der Waals surface area contributed by atoms with Gasteiger partial charge in [0.25, 0.3) is 5.56 Å². The summed E-state index contributed by atoms with van der Waals surface area (Å²) in [7, 11) is 1.70. The fourth-order valence-corrected chi connectivity index (χ4v) is 2.40. The van der Waals surface area contributed by atoms with E-state index in [2.05, 4.69) is 10.00 Å². The lowest BCUT2D eigenvalue weighted by atomic mass is 10.2. The molecular formula is C14H21N3O3. The smallest absolute Gasteiger partial charge is 0.269 e. The molecule has 2 rings (SSSR count). The Morgan fingerprint density at radius 3 is 2.95 bits per heavy atom. The van der Waals surface area contributed by atoms with Crippen LogP contribution < -0.4 is 10.5 Å².